The Labute approximate surface area is 110 Å². The minimum absolute atomic E-state index is 0.200. The molecule has 0 unspecified atom stereocenters. The smallest absolute Gasteiger partial charge is 0.0456 e. The van der Waals surface area contributed by atoms with Crippen LogP contribution in [0.2, 0.25) is 0 Å². The van der Waals surface area contributed by atoms with Crippen molar-refractivity contribution >= 4 is 10.9 Å². The lowest BCUT2D eigenvalue weighted by Gasteiger charge is -2.19. The summed E-state index contributed by atoms with van der Waals surface area (Å²) in [5.41, 5.74) is 4.19. The van der Waals surface area contributed by atoms with Gasteiger partial charge in [0.25, 0.3) is 0 Å². The van der Waals surface area contributed by atoms with E-state index in [1.807, 2.05) is 6.92 Å². The molecule has 18 heavy (non-hydrogen) atoms. The number of aromatic amines is 1. The molecule has 0 saturated carbocycles. The largest absolute Gasteiger partial charge is 0.361 e. The molecule has 94 valence electrons. The van der Waals surface area contributed by atoms with Gasteiger partial charge in [0, 0.05) is 23.5 Å². The number of hydrogen-bond donors (Lipinski definition) is 1. The van der Waals surface area contributed by atoms with Crippen molar-refractivity contribution in [1.82, 2.24) is 4.98 Å². The van der Waals surface area contributed by atoms with Gasteiger partial charge in [-0.05, 0) is 42.0 Å². The predicted octanol–water partition coefficient (Wildman–Crippen LogP) is 4.42. The quantitative estimate of drug-likeness (QED) is 0.747. The first-order valence-electron chi connectivity index (χ1n) is 6.52. The molecule has 2 rings (SSSR count). The van der Waals surface area contributed by atoms with E-state index in [4.69, 9.17) is 0 Å². The van der Waals surface area contributed by atoms with Crippen molar-refractivity contribution in [2.45, 2.75) is 46.0 Å². The van der Waals surface area contributed by atoms with E-state index < -0.39 is 0 Å². The summed E-state index contributed by atoms with van der Waals surface area (Å²) in [5.74, 6) is 6.09. The molecule has 1 nitrogen and oxygen atoms in total. The molecular weight excluding hydrogens is 218 g/mol. The molecule has 1 aromatic heterocycles. The third kappa shape index (κ3) is 2.59. The Bertz CT molecular complexity index is 600. The summed E-state index contributed by atoms with van der Waals surface area (Å²) in [6, 6.07) is 6.72. The second kappa shape index (κ2) is 4.90. The van der Waals surface area contributed by atoms with Crippen molar-refractivity contribution in [3.63, 3.8) is 0 Å². The van der Waals surface area contributed by atoms with Gasteiger partial charge in [0.15, 0.2) is 0 Å². The maximum Gasteiger partial charge on any atom is 0.0456 e. The Hall–Kier alpha value is -1.68. The highest BCUT2D eigenvalue weighted by Crippen LogP contribution is 2.28. The van der Waals surface area contributed by atoms with Gasteiger partial charge in [0.05, 0.1) is 0 Å². The minimum atomic E-state index is 0.200. The molecule has 0 amide bonds. The SMILES string of the molecule is CC#CCCc1c[nH]c2ccc(C(C)(C)C)cc12. The summed E-state index contributed by atoms with van der Waals surface area (Å²) >= 11 is 0. The van der Waals surface area contributed by atoms with Gasteiger partial charge in [-0.25, -0.2) is 0 Å². The van der Waals surface area contributed by atoms with Crippen LogP contribution in [0.5, 0.6) is 0 Å². The molecule has 1 N–H and O–H groups in total. The lowest BCUT2D eigenvalue weighted by Crippen LogP contribution is -2.10. The van der Waals surface area contributed by atoms with Gasteiger partial charge in [-0.3, -0.25) is 0 Å². The summed E-state index contributed by atoms with van der Waals surface area (Å²) in [5, 5.41) is 1.35. The molecule has 0 aliphatic rings. The van der Waals surface area contributed by atoms with E-state index >= 15 is 0 Å². The average molecular weight is 239 g/mol. The predicted molar refractivity (Wildman–Crippen MR) is 78.8 cm³/mol. The highest BCUT2D eigenvalue weighted by Gasteiger charge is 2.14. The monoisotopic (exact) mass is 239 g/mol. The molecule has 1 heteroatoms. The number of fused-ring (bicyclic) bond motifs is 1. The van der Waals surface area contributed by atoms with E-state index in [0.717, 1.165) is 12.8 Å². The van der Waals surface area contributed by atoms with Gasteiger partial charge in [-0.15, -0.1) is 11.8 Å². The van der Waals surface area contributed by atoms with E-state index in [2.05, 4.69) is 62.0 Å². The van der Waals surface area contributed by atoms with Crippen LogP contribution in [0, 0.1) is 11.8 Å². The number of aromatic nitrogens is 1. The highest BCUT2D eigenvalue weighted by molar-refractivity contribution is 5.84. The Morgan fingerprint density at radius 3 is 2.67 bits per heavy atom. The molecule has 0 aliphatic carbocycles. The van der Waals surface area contributed by atoms with Crippen molar-refractivity contribution in [2.24, 2.45) is 0 Å². The van der Waals surface area contributed by atoms with Crippen LogP contribution in [0.15, 0.2) is 24.4 Å². The lowest BCUT2D eigenvalue weighted by molar-refractivity contribution is 0.591. The molecule has 1 aromatic carbocycles. The fourth-order valence-corrected chi connectivity index (χ4v) is 2.17. The van der Waals surface area contributed by atoms with Crippen LogP contribution < -0.4 is 0 Å². The first-order chi connectivity index (χ1) is 8.52. The number of rotatable bonds is 2. The summed E-state index contributed by atoms with van der Waals surface area (Å²) in [6.07, 6.45) is 4.08. The van der Waals surface area contributed by atoms with Crippen LogP contribution in [0.4, 0.5) is 0 Å². The van der Waals surface area contributed by atoms with Gasteiger partial charge in [-0.1, -0.05) is 26.8 Å². The summed E-state index contributed by atoms with van der Waals surface area (Å²) in [7, 11) is 0. The molecule has 0 saturated heterocycles. The zero-order chi connectivity index (χ0) is 13.2. The number of nitrogens with one attached hydrogen (secondary N) is 1. The molecule has 0 bridgehead atoms. The highest BCUT2D eigenvalue weighted by atomic mass is 14.7. The zero-order valence-electron chi connectivity index (χ0n) is 11.7. The number of hydrogen-bond acceptors (Lipinski definition) is 0. The number of aryl methyl sites for hydroxylation is 1. The molecular formula is C17H21N. The standard InChI is InChI=1S/C17H21N/c1-5-6-7-8-13-12-18-16-10-9-14(11-15(13)16)17(2,3)4/h9-12,18H,7-8H2,1-4H3. The van der Waals surface area contributed by atoms with E-state index in [1.165, 1.54) is 22.0 Å². The summed E-state index contributed by atoms with van der Waals surface area (Å²) < 4.78 is 0. The Morgan fingerprint density at radius 1 is 1.22 bits per heavy atom. The topological polar surface area (TPSA) is 15.8 Å². The van der Waals surface area contributed by atoms with Gasteiger partial charge in [0.1, 0.15) is 0 Å². The van der Waals surface area contributed by atoms with Crippen molar-refractivity contribution in [3.05, 3.63) is 35.5 Å². The summed E-state index contributed by atoms with van der Waals surface area (Å²) in [4.78, 5) is 3.35. The number of benzene rings is 1. The van der Waals surface area contributed by atoms with Crippen LogP contribution >= 0.6 is 0 Å². The fraction of sp³-hybridized carbons (Fsp3) is 0.412. The van der Waals surface area contributed by atoms with Gasteiger partial charge < -0.3 is 4.98 Å². The van der Waals surface area contributed by atoms with E-state index in [0.29, 0.717) is 0 Å². The van der Waals surface area contributed by atoms with E-state index in [1.54, 1.807) is 0 Å². The van der Waals surface area contributed by atoms with E-state index in [9.17, 15) is 0 Å². The second-order valence-electron chi connectivity index (χ2n) is 5.75. The van der Waals surface area contributed by atoms with Gasteiger partial charge >= 0.3 is 0 Å². The third-order valence-electron chi connectivity index (χ3n) is 3.33. The molecule has 0 fully saturated rings. The first kappa shape index (κ1) is 12.8. The summed E-state index contributed by atoms with van der Waals surface area (Å²) in [6.45, 7) is 8.65. The van der Waals surface area contributed by atoms with Crippen LogP contribution in [0.3, 0.4) is 0 Å². The molecule has 0 aliphatic heterocycles. The van der Waals surface area contributed by atoms with Crippen molar-refractivity contribution in [2.75, 3.05) is 0 Å². The Balaban J connectivity index is 2.39. The van der Waals surface area contributed by atoms with E-state index in [-0.39, 0.29) is 5.41 Å². The number of H-pyrrole nitrogens is 1. The first-order valence-corrected chi connectivity index (χ1v) is 6.52. The molecule has 2 aromatic rings. The van der Waals surface area contributed by atoms with Crippen LogP contribution in [-0.2, 0) is 11.8 Å². The van der Waals surface area contributed by atoms with Crippen molar-refractivity contribution in [1.29, 1.82) is 0 Å². The maximum absolute atomic E-state index is 3.35. The normalized spacial score (nSPS) is 11.3. The third-order valence-corrected chi connectivity index (χ3v) is 3.33. The van der Waals surface area contributed by atoms with Crippen LogP contribution in [0.25, 0.3) is 10.9 Å². The molecule has 0 spiro atoms. The Kier molecular flexibility index (Phi) is 3.48. The Morgan fingerprint density at radius 2 is 2.00 bits per heavy atom. The van der Waals surface area contributed by atoms with Crippen LogP contribution in [-0.4, -0.2) is 4.98 Å². The van der Waals surface area contributed by atoms with Gasteiger partial charge in [-0.2, -0.15) is 0 Å². The fourth-order valence-electron chi connectivity index (χ4n) is 2.17. The minimum Gasteiger partial charge on any atom is -0.361 e. The van der Waals surface area contributed by atoms with Crippen molar-refractivity contribution < 1.29 is 0 Å². The molecule has 0 atom stereocenters. The second-order valence-corrected chi connectivity index (χ2v) is 5.75. The lowest BCUT2D eigenvalue weighted by atomic mass is 9.86. The van der Waals surface area contributed by atoms with Crippen molar-refractivity contribution in [3.8, 4) is 11.8 Å². The maximum atomic E-state index is 3.35. The van der Waals surface area contributed by atoms with Gasteiger partial charge in [0.2, 0.25) is 0 Å². The average Bonchev–Trinajstić information content (AvgIpc) is 2.71. The zero-order valence-corrected chi connectivity index (χ0v) is 11.7. The molecule has 1 heterocycles. The molecule has 0 radical (unpaired) electrons. The van der Waals surface area contributed by atoms with Crippen LogP contribution in [0.1, 0.15) is 45.2 Å².